The van der Waals surface area contributed by atoms with Crippen molar-refractivity contribution in [3.63, 3.8) is 0 Å². The molecular formula is C8H14F2N2O2. The molecule has 1 atom stereocenters. The Balaban J connectivity index is 2.38. The lowest BCUT2D eigenvalue weighted by Gasteiger charge is -2.27. The number of morpholine rings is 1. The molecular weight excluding hydrogens is 194 g/mol. The number of nitrogens with one attached hydrogen (secondary N) is 1. The average Bonchev–Trinajstić information content (AvgIpc) is 2.17. The Bertz CT molecular complexity index is 196. The monoisotopic (exact) mass is 208 g/mol. The molecule has 1 fully saturated rings. The lowest BCUT2D eigenvalue weighted by Crippen LogP contribution is -2.49. The van der Waals surface area contributed by atoms with Gasteiger partial charge in [-0.15, -0.1) is 0 Å². The van der Waals surface area contributed by atoms with Crippen LogP contribution in [0.5, 0.6) is 0 Å². The fourth-order valence-electron chi connectivity index (χ4n) is 1.27. The first-order valence-electron chi connectivity index (χ1n) is 4.46. The molecule has 1 rings (SSSR count). The molecule has 4 nitrogen and oxygen atoms in total. The molecule has 0 aliphatic carbocycles. The summed E-state index contributed by atoms with van der Waals surface area (Å²) in [4.78, 5) is 12.5. The first kappa shape index (κ1) is 11.3. The molecule has 0 bridgehead atoms. The lowest BCUT2D eigenvalue weighted by atomic mass is 10.2. The summed E-state index contributed by atoms with van der Waals surface area (Å²) in [5.74, 6) is -0.391. The molecule has 0 aromatic heterocycles. The molecule has 0 aromatic carbocycles. The van der Waals surface area contributed by atoms with Crippen LogP contribution < -0.4 is 5.32 Å². The predicted octanol–water partition coefficient (Wildman–Crippen LogP) is -0.302. The van der Waals surface area contributed by atoms with E-state index in [1.165, 1.54) is 7.05 Å². The van der Waals surface area contributed by atoms with Crippen LogP contribution in [0.2, 0.25) is 0 Å². The molecule has 6 heteroatoms. The Morgan fingerprint density at radius 1 is 1.71 bits per heavy atom. The minimum atomic E-state index is -2.50. The molecule has 1 amide bonds. The standard InChI is InChI=1S/C8H14F2N2O2/c1-12(5-7(9)10)8(13)6-4-11-2-3-14-6/h6-7,11H,2-5H2,1H3. The van der Waals surface area contributed by atoms with Gasteiger partial charge in [-0.25, -0.2) is 8.78 Å². The molecule has 1 N–H and O–H groups in total. The third-order valence-corrected chi connectivity index (χ3v) is 1.99. The number of rotatable bonds is 3. The number of amides is 1. The van der Waals surface area contributed by atoms with Crippen molar-refractivity contribution in [1.82, 2.24) is 10.2 Å². The fraction of sp³-hybridized carbons (Fsp3) is 0.875. The van der Waals surface area contributed by atoms with Gasteiger partial charge in [-0.05, 0) is 0 Å². The summed E-state index contributed by atoms with van der Waals surface area (Å²) in [6, 6.07) is 0. The predicted molar refractivity (Wildman–Crippen MR) is 46.3 cm³/mol. The van der Waals surface area contributed by atoms with E-state index in [9.17, 15) is 13.6 Å². The Morgan fingerprint density at radius 3 is 2.93 bits per heavy atom. The van der Waals surface area contributed by atoms with Crippen molar-refractivity contribution in [2.24, 2.45) is 0 Å². The number of halogens is 2. The van der Waals surface area contributed by atoms with E-state index in [1.54, 1.807) is 0 Å². The SMILES string of the molecule is CN(CC(F)F)C(=O)C1CNCCO1. The molecule has 14 heavy (non-hydrogen) atoms. The van der Waals surface area contributed by atoms with Crippen molar-refractivity contribution >= 4 is 5.91 Å². The summed E-state index contributed by atoms with van der Waals surface area (Å²) in [5, 5.41) is 2.96. The number of hydrogen-bond donors (Lipinski definition) is 1. The second kappa shape index (κ2) is 5.21. The summed E-state index contributed by atoms with van der Waals surface area (Å²) in [7, 11) is 1.35. The molecule has 0 saturated carbocycles. The van der Waals surface area contributed by atoms with Crippen LogP contribution in [0.25, 0.3) is 0 Å². The highest BCUT2D eigenvalue weighted by Gasteiger charge is 2.25. The molecule has 0 aromatic rings. The summed E-state index contributed by atoms with van der Waals surface area (Å²) < 4.78 is 29.1. The van der Waals surface area contributed by atoms with Crippen LogP contribution in [0, 0.1) is 0 Å². The van der Waals surface area contributed by atoms with Crippen molar-refractivity contribution in [1.29, 1.82) is 0 Å². The van der Waals surface area contributed by atoms with Crippen LogP contribution in [0.3, 0.4) is 0 Å². The highest BCUT2D eigenvalue weighted by molar-refractivity contribution is 5.81. The summed E-state index contributed by atoms with van der Waals surface area (Å²) in [6.45, 7) is 0.992. The van der Waals surface area contributed by atoms with Gasteiger partial charge in [-0.1, -0.05) is 0 Å². The average molecular weight is 208 g/mol. The second-order valence-electron chi connectivity index (χ2n) is 3.17. The van der Waals surface area contributed by atoms with Crippen LogP contribution in [0.15, 0.2) is 0 Å². The Hall–Kier alpha value is -0.750. The van der Waals surface area contributed by atoms with Crippen LogP contribution in [0.1, 0.15) is 0 Å². The first-order valence-corrected chi connectivity index (χ1v) is 4.46. The first-order chi connectivity index (χ1) is 6.61. The van der Waals surface area contributed by atoms with Crippen molar-refractivity contribution in [2.75, 3.05) is 33.3 Å². The number of nitrogens with zero attached hydrogens (tertiary/aromatic N) is 1. The zero-order valence-corrected chi connectivity index (χ0v) is 8.00. The number of likely N-dealkylation sites (N-methyl/N-ethyl adjacent to an activating group) is 1. The maximum absolute atomic E-state index is 12.0. The summed E-state index contributed by atoms with van der Waals surface area (Å²) in [6.07, 6.45) is -3.12. The lowest BCUT2D eigenvalue weighted by molar-refractivity contribution is -0.145. The number of carbonyl (C=O) groups excluding carboxylic acids is 1. The van der Waals surface area contributed by atoms with Crippen molar-refractivity contribution in [3.8, 4) is 0 Å². The quantitative estimate of drug-likeness (QED) is 0.692. The van der Waals surface area contributed by atoms with Gasteiger partial charge in [0.25, 0.3) is 12.3 Å². The van der Waals surface area contributed by atoms with Crippen LogP contribution in [-0.2, 0) is 9.53 Å². The number of carbonyl (C=O) groups is 1. The van der Waals surface area contributed by atoms with Gasteiger partial charge in [0, 0.05) is 20.1 Å². The Morgan fingerprint density at radius 2 is 2.43 bits per heavy atom. The molecule has 1 unspecified atom stereocenters. The fourth-order valence-corrected chi connectivity index (χ4v) is 1.27. The molecule has 1 heterocycles. The van der Waals surface area contributed by atoms with Gasteiger partial charge in [0.1, 0.15) is 6.10 Å². The normalized spacial score (nSPS) is 22.4. The minimum Gasteiger partial charge on any atom is -0.366 e. The van der Waals surface area contributed by atoms with Crippen LogP contribution in [-0.4, -0.2) is 56.6 Å². The van der Waals surface area contributed by atoms with Crippen LogP contribution in [0.4, 0.5) is 8.78 Å². The van der Waals surface area contributed by atoms with E-state index >= 15 is 0 Å². The van der Waals surface area contributed by atoms with E-state index in [1.807, 2.05) is 0 Å². The van der Waals surface area contributed by atoms with Gasteiger partial charge in [0.2, 0.25) is 0 Å². The van der Waals surface area contributed by atoms with E-state index in [4.69, 9.17) is 4.74 Å². The van der Waals surface area contributed by atoms with Gasteiger partial charge in [-0.2, -0.15) is 0 Å². The van der Waals surface area contributed by atoms with Gasteiger partial charge in [-0.3, -0.25) is 4.79 Å². The number of alkyl halides is 2. The number of hydrogen-bond acceptors (Lipinski definition) is 3. The van der Waals surface area contributed by atoms with Gasteiger partial charge in [0.15, 0.2) is 0 Å². The topological polar surface area (TPSA) is 41.6 Å². The van der Waals surface area contributed by atoms with Crippen molar-refractivity contribution in [2.45, 2.75) is 12.5 Å². The maximum Gasteiger partial charge on any atom is 0.255 e. The van der Waals surface area contributed by atoms with E-state index in [0.717, 1.165) is 4.90 Å². The smallest absolute Gasteiger partial charge is 0.255 e. The third kappa shape index (κ3) is 3.19. The summed E-state index contributed by atoms with van der Waals surface area (Å²) >= 11 is 0. The van der Waals surface area contributed by atoms with E-state index < -0.39 is 25.0 Å². The van der Waals surface area contributed by atoms with Crippen molar-refractivity contribution in [3.05, 3.63) is 0 Å². The Kier molecular flexibility index (Phi) is 4.21. The van der Waals surface area contributed by atoms with Gasteiger partial charge < -0.3 is 15.0 Å². The molecule has 1 aliphatic rings. The zero-order chi connectivity index (χ0) is 10.6. The van der Waals surface area contributed by atoms with Gasteiger partial charge >= 0.3 is 0 Å². The molecule has 82 valence electrons. The highest BCUT2D eigenvalue weighted by Crippen LogP contribution is 2.03. The molecule has 0 radical (unpaired) electrons. The largest absolute Gasteiger partial charge is 0.366 e. The minimum absolute atomic E-state index is 0.391. The van der Waals surface area contributed by atoms with Gasteiger partial charge in [0.05, 0.1) is 13.2 Å². The highest BCUT2D eigenvalue weighted by atomic mass is 19.3. The van der Waals surface area contributed by atoms with E-state index in [-0.39, 0.29) is 0 Å². The molecule has 1 saturated heterocycles. The van der Waals surface area contributed by atoms with E-state index in [0.29, 0.717) is 19.7 Å². The Labute approximate surface area is 81.2 Å². The molecule has 0 spiro atoms. The van der Waals surface area contributed by atoms with E-state index in [2.05, 4.69) is 5.32 Å². The third-order valence-electron chi connectivity index (χ3n) is 1.99. The maximum atomic E-state index is 12.0. The zero-order valence-electron chi connectivity index (χ0n) is 8.00. The second-order valence-corrected chi connectivity index (χ2v) is 3.17. The number of ether oxygens (including phenoxy) is 1. The molecule has 1 aliphatic heterocycles. The summed E-state index contributed by atoms with van der Waals surface area (Å²) in [5.41, 5.74) is 0. The van der Waals surface area contributed by atoms with Crippen LogP contribution >= 0.6 is 0 Å². The van der Waals surface area contributed by atoms with Crippen molar-refractivity contribution < 1.29 is 18.3 Å².